The molecule has 2 aromatic heterocycles. The number of thiazole rings is 1. The molecule has 8 heteroatoms. The lowest BCUT2D eigenvalue weighted by atomic mass is 10.2. The lowest BCUT2D eigenvalue weighted by Gasteiger charge is -2.34. The van der Waals surface area contributed by atoms with E-state index in [-0.39, 0.29) is 5.56 Å². The summed E-state index contributed by atoms with van der Waals surface area (Å²) in [5, 5.41) is 1.89. The summed E-state index contributed by atoms with van der Waals surface area (Å²) in [4.78, 5) is 22.3. The summed E-state index contributed by atoms with van der Waals surface area (Å²) in [6.07, 6.45) is 2.77. The van der Waals surface area contributed by atoms with Crippen LogP contribution >= 0.6 is 11.3 Å². The van der Waals surface area contributed by atoms with E-state index in [1.165, 1.54) is 11.3 Å². The fraction of sp³-hybridized carbons (Fsp3) is 0.429. The highest BCUT2D eigenvalue weighted by atomic mass is 32.1. The van der Waals surface area contributed by atoms with Gasteiger partial charge < -0.3 is 14.4 Å². The third-order valence-corrected chi connectivity index (χ3v) is 5.91. The molecule has 0 spiro atoms. The van der Waals surface area contributed by atoms with E-state index < -0.39 is 0 Å². The van der Waals surface area contributed by atoms with E-state index in [2.05, 4.69) is 14.8 Å². The Hall–Kier alpha value is -2.42. The minimum atomic E-state index is 0.00162. The Bertz CT molecular complexity index is 978. The predicted octanol–water partition coefficient (Wildman–Crippen LogP) is 2.35. The van der Waals surface area contributed by atoms with Crippen LogP contribution in [0.15, 0.2) is 46.7 Å². The van der Waals surface area contributed by atoms with Crippen LogP contribution in [-0.4, -0.2) is 65.6 Å². The van der Waals surface area contributed by atoms with Gasteiger partial charge in [0.05, 0.1) is 19.4 Å². The van der Waals surface area contributed by atoms with E-state index in [0.29, 0.717) is 6.61 Å². The third-order valence-electron chi connectivity index (χ3n) is 5.15. The first-order valence-corrected chi connectivity index (χ1v) is 10.8. The fourth-order valence-corrected chi connectivity index (χ4v) is 4.26. The van der Waals surface area contributed by atoms with Gasteiger partial charge in [-0.25, -0.2) is 4.98 Å². The average Bonchev–Trinajstić information content (AvgIpc) is 3.22. The second-order valence-electron chi connectivity index (χ2n) is 7.14. The molecule has 0 saturated carbocycles. The quantitative estimate of drug-likeness (QED) is 0.528. The minimum absolute atomic E-state index is 0.00162. The van der Waals surface area contributed by atoms with Gasteiger partial charge >= 0.3 is 0 Å². The Morgan fingerprint density at radius 2 is 1.79 bits per heavy atom. The summed E-state index contributed by atoms with van der Waals surface area (Å²) in [5.41, 5.74) is 0.862. The first-order chi connectivity index (χ1) is 14.2. The normalized spacial score (nSPS) is 15.6. The molecule has 1 saturated heterocycles. The van der Waals surface area contributed by atoms with Gasteiger partial charge in [0.25, 0.3) is 5.56 Å². The monoisotopic (exact) mass is 414 g/mol. The van der Waals surface area contributed by atoms with Crippen LogP contribution in [0.5, 0.6) is 11.5 Å². The van der Waals surface area contributed by atoms with Crippen molar-refractivity contribution in [3.63, 3.8) is 0 Å². The predicted molar refractivity (Wildman–Crippen MR) is 114 cm³/mol. The van der Waals surface area contributed by atoms with Crippen LogP contribution in [0.2, 0.25) is 0 Å². The molecular weight excluding hydrogens is 388 g/mol. The number of hydrogen-bond acceptors (Lipinski definition) is 7. The summed E-state index contributed by atoms with van der Waals surface area (Å²) in [6, 6.07) is 9.35. The van der Waals surface area contributed by atoms with E-state index in [4.69, 9.17) is 9.47 Å². The molecule has 3 aromatic rings. The number of hydrogen-bond donors (Lipinski definition) is 0. The third kappa shape index (κ3) is 5.14. The lowest BCUT2D eigenvalue weighted by molar-refractivity contribution is 0.120. The van der Waals surface area contributed by atoms with Crippen molar-refractivity contribution in [3.8, 4) is 11.5 Å². The molecule has 1 aliphatic heterocycles. The Labute approximate surface area is 174 Å². The zero-order valence-electron chi connectivity index (χ0n) is 16.6. The van der Waals surface area contributed by atoms with Crippen molar-refractivity contribution in [1.82, 2.24) is 19.2 Å². The van der Waals surface area contributed by atoms with E-state index in [0.717, 1.165) is 67.8 Å². The molecule has 1 aliphatic rings. The van der Waals surface area contributed by atoms with Gasteiger partial charge in [-0.2, -0.15) is 0 Å². The highest BCUT2D eigenvalue weighted by Gasteiger charge is 2.17. The van der Waals surface area contributed by atoms with E-state index in [1.54, 1.807) is 23.8 Å². The summed E-state index contributed by atoms with van der Waals surface area (Å²) in [6.45, 7) is 6.52. The van der Waals surface area contributed by atoms with Crippen molar-refractivity contribution >= 4 is 16.3 Å². The van der Waals surface area contributed by atoms with Gasteiger partial charge in [-0.15, -0.1) is 11.3 Å². The zero-order valence-corrected chi connectivity index (χ0v) is 17.4. The molecule has 0 atom stereocenters. The molecule has 154 valence electrons. The van der Waals surface area contributed by atoms with Crippen molar-refractivity contribution in [2.24, 2.45) is 0 Å². The van der Waals surface area contributed by atoms with Crippen molar-refractivity contribution in [3.05, 3.63) is 58.0 Å². The molecule has 7 nitrogen and oxygen atoms in total. The number of fused-ring (bicyclic) bond motifs is 1. The summed E-state index contributed by atoms with van der Waals surface area (Å²) in [5.74, 6) is 1.72. The lowest BCUT2D eigenvalue weighted by Crippen LogP contribution is -2.46. The van der Waals surface area contributed by atoms with Crippen molar-refractivity contribution in [1.29, 1.82) is 0 Å². The number of piperazine rings is 1. The molecule has 1 fully saturated rings. The topological polar surface area (TPSA) is 59.3 Å². The largest absolute Gasteiger partial charge is 0.497 e. The average molecular weight is 415 g/mol. The van der Waals surface area contributed by atoms with Gasteiger partial charge in [0, 0.05) is 56.9 Å². The van der Waals surface area contributed by atoms with Crippen molar-refractivity contribution in [2.45, 2.75) is 13.0 Å². The second kappa shape index (κ2) is 9.39. The van der Waals surface area contributed by atoms with Crippen LogP contribution in [0.25, 0.3) is 4.96 Å². The minimum Gasteiger partial charge on any atom is -0.497 e. The van der Waals surface area contributed by atoms with E-state index in [1.807, 2.05) is 29.6 Å². The number of ether oxygens (including phenoxy) is 2. The molecule has 4 rings (SSSR count). The van der Waals surface area contributed by atoms with Gasteiger partial charge in [0.1, 0.15) is 11.5 Å². The first-order valence-electron chi connectivity index (χ1n) is 9.88. The van der Waals surface area contributed by atoms with Crippen LogP contribution in [0.4, 0.5) is 0 Å². The van der Waals surface area contributed by atoms with Crippen LogP contribution < -0.4 is 15.0 Å². The maximum atomic E-state index is 12.1. The molecule has 0 amide bonds. The number of methoxy groups -OCH3 is 1. The highest BCUT2D eigenvalue weighted by molar-refractivity contribution is 7.15. The van der Waals surface area contributed by atoms with Crippen LogP contribution in [-0.2, 0) is 6.54 Å². The maximum absolute atomic E-state index is 12.1. The van der Waals surface area contributed by atoms with Gasteiger partial charge in [-0.3, -0.25) is 14.1 Å². The smallest absolute Gasteiger partial charge is 0.258 e. The van der Waals surface area contributed by atoms with Crippen LogP contribution in [0.3, 0.4) is 0 Å². The molecule has 0 bridgehead atoms. The SMILES string of the molecule is COc1ccc(OCCCN2CCN(Cc3cc(=O)n4ccsc4n3)CC2)cc1. The van der Waals surface area contributed by atoms with Gasteiger partial charge in [0.15, 0.2) is 4.96 Å². The summed E-state index contributed by atoms with van der Waals surface area (Å²) in [7, 11) is 1.66. The summed E-state index contributed by atoms with van der Waals surface area (Å²) >= 11 is 1.50. The molecule has 1 aromatic carbocycles. The molecule has 29 heavy (non-hydrogen) atoms. The molecule has 0 aliphatic carbocycles. The highest BCUT2D eigenvalue weighted by Crippen LogP contribution is 2.17. The van der Waals surface area contributed by atoms with Gasteiger partial charge in [-0.1, -0.05) is 0 Å². The Kier molecular flexibility index (Phi) is 6.43. The molecule has 0 N–H and O–H groups in total. The Morgan fingerprint density at radius 3 is 2.55 bits per heavy atom. The van der Waals surface area contributed by atoms with Crippen LogP contribution in [0, 0.1) is 0 Å². The number of aromatic nitrogens is 2. The van der Waals surface area contributed by atoms with Crippen LogP contribution in [0.1, 0.15) is 12.1 Å². The maximum Gasteiger partial charge on any atom is 0.258 e. The molecule has 3 heterocycles. The van der Waals surface area contributed by atoms with E-state index >= 15 is 0 Å². The van der Waals surface area contributed by atoms with E-state index in [9.17, 15) is 4.79 Å². The number of nitrogens with zero attached hydrogens (tertiary/aromatic N) is 4. The second-order valence-corrected chi connectivity index (χ2v) is 8.01. The number of benzene rings is 1. The van der Waals surface area contributed by atoms with Gasteiger partial charge in [0.2, 0.25) is 0 Å². The van der Waals surface area contributed by atoms with Gasteiger partial charge in [-0.05, 0) is 30.7 Å². The molecular formula is C21H26N4O3S. The number of rotatable bonds is 8. The Balaban J connectivity index is 1.17. The molecule has 0 unspecified atom stereocenters. The van der Waals surface area contributed by atoms with Crippen molar-refractivity contribution < 1.29 is 9.47 Å². The standard InChI is InChI=1S/C21H26N4O3S/c1-27-18-3-5-19(6-4-18)28-13-2-7-23-8-10-24(11-9-23)16-17-15-20(26)25-12-14-29-21(25)22-17/h3-6,12,14-15H,2,7-11,13,16H2,1H3. The zero-order chi connectivity index (χ0) is 20.1. The summed E-state index contributed by atoms with van der Waals surface area (Å²) < 4.78 is 12.6. The molecule has 0 radical (unpaired) electrons. The van der Waals surface area contributed by atoms with Crippen molar-refractivity contribution in [2.75, 3.05) is 46.4 Å². The fourth-order valence-electron chi connectivity index (χ4n) is 3.52. The first kappa shape index (κ1) is 19.9. The Morgan fingerprint density at radius 1 is 1.07 bits per heavy atom.